The smallest absolute Gasteiger partial charge is 0.263 e. The van der Waals surface area contributed by atoms with Gasteiger partial charge in [0, 0.05) is 16.7 Å². The van der Waals surface area contributed by atoms with E-state index in [4.69, 9.17) is 11.6 Å². The zero-order chi connectivity index (χ0) is 15.5. The van der Waals surface area contributed by atoms with E-state index >= 15 is 0 Å². The molecule has 0 aromatic heterocycles. The summed E-state index contributed by atoms with van der Waals surface area (Å²) in [6.45, 7) is 0.566. The first kappa shape index (κ1) is 16.3. The number of halogens is 2. The summed E-state index contributed by atoms with van der Waals surface area (Å²) >= 11 is 9.33. The van der Waals surface area contributed by atoms with Gasteiger partial charge in [-0.25, -0.2) is 8.42 Å². The van der Waals surface area contributed by atoms with Crippen molar-refractivity contribution in [2.24, 2.45) is 0 Å². The van der Waals surface area contributed by atoms with Crippen molar-refractivity contribution in [1.82, 2.24) is 5.32 Å². The molecule has 2 aromatic rings. The largest absolute Gasteiger partial charge is 0.316 e. The second kappa shape index (κ2) is 6.79. The minimum Gasteiger partial charge on any atom is -0.316 e. The topological polar surface area (TPSA) is 58.2 Å². The van der Waals surface area contributed by atoms with Crippen LogP contribution in [0.15, 0.2) is 51.8 Å². The van der Waals surface area contributed by atoms with Crippen molar-refractivity contribution >= 4 is 43.2 Å². The van der Waals surface area contributed by atoms with E-state index in [1.807, 2.05) is 6.07 Å². The monoisotopic (exact) mass is 388 g/mol. The number of benzene rings is 2. The molecule has 0 spiro atoms. The van der Waals surface area contributed by atoms with Gasteiger partial charge in [-0.15, -0.1) is 0 Å². The molecule has 0 atom stereocenters. The predicted molar refractivity (Wildman–Crippen MR) is 89.2 cm³/mol. The molecule has 0 bridgehead atoms. The number of hydrogen-bond acceptors (Lipinski definition) is 3. The van der Waals surface area contributed by atoms with Gasteiger partial charge in [0.05, 0.1) is 5.02 Å². The van der Waals surface area contributed by atoms with Crippen molar-refractivity contribution in [2.45, 2.75) is 11.4 Å². The normalized spacial score (nSPS) is 11.4. The summed E-state index contributed by atoms with van der Waals surface area (Å²) in [5.41, 5.74) is 1.32. The molecule has 21 heavy (non-hydrogen) atoms. The summed E-state index contributed by atoms with van der Waals surface area (Å²) in [4.78, 5) is 0.0666. The number of nitrogens with one attached hydrogen (secondary N) is 2. The second-order valence-corrected chi connectivity index (χ2v) is 7.38. The Kier molecular flexibility index (Phi) is 5.27. The Morgan fingerprint density at radius 1 is 1.19 bits per heavy atom. The zero-order valence-corrected chi connectivity index (χ0v) is 14.4. The van der Waals surface area contributed by atoms with Crippen LogP contribution in [0.1, 0.15) is 5.56 Å². The molecule has 0 aliphatic heterocycles. The molecule has 0 aliphatic carbocycles. The fraction of sp³-hybridized carbons (Fsp3) is 0.143. The highest BCUT2D eigenvalue weighted by Crippen LogP contribution is 2.26. The van der Waals surface area contributed by atoms with Crippen LogP contribution in [0, 0.1) is 0 Å². The lowest BCUT2D eigenvalue weighted by atomic mass is 10.2. The molecule has 7 heteroatoms. The first-order valence-electron chi connectivity index (χ1n) is 6.14. The number of anilines is 1. The number of sulfonamides is 1. The van der Waals surface area contributed by atoms with Crippen LogP contribution in [-0.2, 0) is 16.6 Å². The van der Waals surface area contributed by atoms with Crippen molar-refractivity contribution in [3.8, 4) is 0 Å². The quantitative estimate of drug-likeness (QED) is 0.821. The van der Waals surface area contributed by atoms with E-state index in [1.54, 1.807) is 43.4 Å². The summed E-state index contributed by atoms with van der Waals surface area (Å²) in [6.07, 6.45) is 0. The lowest BCUT2D eigenvalue weighted by molar-refractivity contribution is 0.601. The first-order chi connectivity index (χ1) is 9.92. The van der Waals surface area contributed by atoms with Crippen LogP contribution < -0.4 is 10.0 Å². The third kappa shape index (κ3) is 4.20. The lowest BCUT2D eigenvalue weighted by Gasteiger charge is -2.11. The van der Waals surface area contributed by atoms with Gasteiger partial charge < -0.3 is 5.32 Å². The van der Waals surface area contributed by atoms with Crippen LogP contribution in [0.25, 0.3) is 0 Å². The average Bonchev–Trinajstić information content (AvgIpc) is 2.40. The maximum atomic E-state index is 12.5. The third-order valence-corrected chi connectivity index (χ3v) is 5.10. The van der Waals surface area contributed by atoms with Crippen LogP contribution in [0.4, 0.5) is 5.69 Å². The summed E-state index contributed by atoms with van der Waals surface area (Å²) < 4.78 is 28.2. The molecule has 0 radical (unpaired) electrons. The Morgan fingerprint density at radius 3 is 2.62 bits per heavy atom. The molecular formula is C14H14BrClN2O2S. The van der Waals surface area contributed by atoms with Gasteiger partial charge in [-0.05, 0) is 42.9 Å². The molecule has 0 fully saturated rings. The van der Waals surface area contributed by atoms with E-state index in [9.17, 15) is 8.42 Å². The third-order valence-electron chi connectivity index (χ3n) is 2.74. The molecule has 0 saturated heterocycles. The molecule has 0 aliphatic rings. The zero-order valence-electron chi connectivity index (χ0n) is 11.2. The highest BCUT2D eigenvalue weighted by atomic mass is 79.9. The van der Waals surface area contributed by atoms with Gasteiger partial charge >= 0.3 is 0 Å². The molecule has 2 N–H and O–H groups in total. The first-order valence-corrected chi connectivity index (χ1v) is 8.79. The van der Waals surface area contributed by atoms with Gasteiger partial charge in [-0.3, -0.25) is 4.72 Å². The van der Waals surface area contributed by atoms with Gasteiger partial charge in [0.25, 0.3) is 10.0 Å². The summed E-state index contributed by atoms with van der Waals surface area (Å²) in [6, 6.07) is 11.9. The van der Waals surface area contributed by atoms with Crippen molar-refractivity contribution in [3.05, 3.63) is 57.5 Å². The lowest BCUT2D eigenvalue weighted by Crippen LogP contribution is -2.14. The van der Waals surface area contributed by atoms with Crippen molar-refractivity contribution < 1.29 is 8.42 Å². The molecule has 0 unspecified atom stereocenters. The molecule has 2 aromatic carbocycles. The van der Waals surface area contributed by atoms with E-state index in [-0.39, 0.29) is 9.92 Å². The second-order valence-electron chi connectivity index (χ2n) is 4.41. The summed E-state index contributed by atoms with van der Waals surface area (Å²) in [7, 11) is -1.94. The Balaban J connectivity index is 2.37. The Hall–Kier alpha value is -1.08. The molecule has 0 amide bonds. The van der Waals surface area contributed by atoms with Gasteiger partial charge in [0.1, 0.15) is 4.90 Å². The van der Waals surface area contributed by atoms with E-state index in [0.29, 0.717) is 12.2 Å². The highest BCUT2D eigenvalue weighted by Gasteiger charge is 2.18. The van der Waals surface area contributed by atoms with Crippen LogP contribution >= 0.6 is 27.5 Å². The standard InChI is InChI=1S/C14H14BrClN2O2S/c1-17-9-10-5-6-13(16)14(7-10)21(19,20)18-12-4-2-3-11(15)8-12/h2-8,17-18H,9H2,1H3. The molecular weight excluding hydrogens is 376 g/mol. The Morgan fingerprint density at radius 2 is 1.95 bits per heavy atom. The maximum Gasteiger partial charge on any atom is 0.263 e. The van der Waals surface area contributed by atoms with Gasteiger partial charge in [0.15, 0.2) is 0 Å². The van der Waals surface area contributed by atoms with Gasteiger partial charge in [-0.1, -0.05) is 39.7 Å². The van der Waals surface area contributed by atoms with Crippen LogP contribution in [0.5, 0.6) is 0 Å². The average molecular weight is 390 g/mol. The summed E-state index contributed by atoms with van der Waals surface area (Å²) in [5, 5.41) is 3.17. The molecule has 0 saturated carbocycles. The van der Waals surface area contributed by atoms with Gasteiger partial charge in [-0.2, -0.15) is 0 Å². The van der Waals surface area contributed by atoms with Crippen molar-refractivity contribution in [3.63, 3.8) is 0 Å². The van der Waals surface area contributed by atoms with E-state index in [0.717, 1.165) is 10.0 Å². The maximum absolute atomic E-state index is 12.5. The minimum absolute atomic E-state index is 0.0666. The van der Waals surface area contributed by atoms with Crippen LogP contribution in [0.3, 0.4) is 0 Å². The van der Waals surface area contributed by atoms with E-state index in [2.05, 4.69) is 26.0 Å². The Bertz CT molecular complexity index is 750. The van der Waals surface area contributed by atoms with Crippen LogP contribution in [0.2, 0.25) is 5.02 Å². The molecule has 0 heterocycles. The fourth-order valence-electron chi connectivity index (χ4n) is 1.83. The minimum atomic E-state index is -3.73. The Labute approximate surface area is 137 Å². The summed E-state index contributed by atoms with van der Waals surface area (Å²) in [5.74, 6) is 0. The molecule has 2 rings (SSSR count). The number of hydrogen-bond donors (Lipinski definition) is 2. The van der Waals surface area contributed by atoms with Crippen molar-refractivity contribution in [1.29, 1.82) is 0 Å². The fourth-order valence-corrected chi connectivity index (χ4v) is 3.83. The predicted octanol–water partition coefficient (Wildman–Crippen LogP) is 3.62. The molecule has 4 nitrogen and oxygen atoms in total. The van der Waals surface area contributed by atoms with Gasteiger partial charge in [0.2, 0.25) is 0 Å². The van der Waals surface area contributed by atoms with Crippen molar-refractivity contribution in [2.75, 3.05) is 11.8 Å². The van der Waals surface area contributed by atoms with E-state index < -0.39 is 10.0 Å². The van der Waals surface area contributed by atoms with Crippen LogP contribution in [-0.4, -0.2) is 15.5 Å². The molecule has 112 valence electrons. The number of rotatable bonds is 5. The highest BCUT2D eigenvalue weighted by molar-refractivity contribution is 9.10. The SMILES string of the molecule is CNCc1ccc(Cl)c(S(=O)(=O)Nc2cccc(Br)c2)c1. The van der Waals surface area contributed by atoms with E-state index in [1.165, 1.54) is 0 Å².